The van der Waals surface area contributed by atoms with Crippen LogP contribution in [-0.4, -0.2) is 33.7 Å². The number of amides is 1. The lowest BCUT2D eigenvalue weighted by molar-refractivity contribution is -0.119. The molecule has 2 aromatic rings. The quantitative estimate of drug-likeness (QED) is 0.397. The summed E-state index contributed by atoms with van der Waals surface area (Å²) in [5, 5.41) is 3.82. The van der Waals surface area contributed by atoms with Gasteiger partial charge in [-0.3, -0.25) is 4.79 Å². The third-order valence-corrected chi connectivity index (χ3v) is 4.56. The van der Waals surface area contributed by atoms with Gasteiger partial charge in [0.2, 0.25) is 10.0 Å². The highest BCUT2D eigenvalue weighted by Crippen LogP contribution is 2.15. The average molecular weight is 373 g/mol. The first-order valence-electron chi connectivity index (χ1n) is 7.72. The highest BCUT2D eigenvalue weighted by molar-refractivity contribution is 7.89. The Kier molecular flexibility index (Phi) is 7.07. The molecule has 0 aliphatic carbocycles. The molecule has 26 heavy (non-hydrogen) atoms. The first-order valence-corrected chi connectivity index (χ1v) is 9.20. The van der Waals surface area contributed by atoms with E-state index in [4.69, 9.17) is 4.74 Å². The fraction of sp³-hybridized carbons (Fsp3) is 0.111. The van der Waals surface area contributed by atoms with Crippen LogP contribution in [0.3, 0.4) is 0 Å². The summed E-state index contributed by atoms with van der Waals surface area (Å²) in [6.45, 7) is 3.50. The maximum atomic E-state index is 12.0. The Labute approximate surface area is 152 Å². The van der Waals surface area contributed by atoms with Crippen LogP contribution < -0.4 is 14.9 Å². The van der Waals surface area contributed by atoms with Gasteiger partial charge in [0.15, 0.2) is 0 Å². The van der Waals surface area contributed by atoms with Crippen LogP contribution in [0.25, 0.3) is 0 Å². The van der Waals surface area contributed by atoms with Gasteiger partial charge < -0.3 is 4.74 Å². The molecular weight excluding hydrogens is 354 g/mol. The van der Waals surface area contributed by atoms with Gasteiger partial charge >= 0.3 is 0 Å². The number of carbonyl (C=O) groups excluding carboxylic acids is 1. The van der Waals surface area contributed by atoms with Crippen molar-refractivity contribution in [3.63, 3.8) is 0 Å². The minimum Gasteiger partial charge on any atom is -0.489 e. The predicted octanol–water partition coefficient (Wildman–Crippen LogP) is 1.68. The second-order valence-electron chi connectivity index (χ2n) is 5.07. The molecule has 2 rings (SSSR count). The number of sulfonamides is 1. The zero-order chi connectivity index (χ0) is 18.8. The SMILES string of the molecule is C=CCOc1ccccc1/C=N\NC(=O)CNS(=O)(=O)c1ccccc1. The van der Waals surface area contributed by atoms with Gasteiger partial charge in [-0.1, -0.05) is 43.0 Å². The van der Waals surface area contributed by atoms with Gasteiger partial charge in [-0.15, -0.1) is 0 Å². The van der Waals surface area contributed by atoms with Crippen LogP contribution in [0.1, 0.15) is 5.56 Å². The normalized spacial score (nSPS) is 11.2. The second-order valence-corrected chi connectivity index (χ2v) is 6.84. The van der Waals surface area contributed by atoms with E-state index in [1.165, 1.54) is 18.3 Å². The number of ether oxygens (including phenoxy) is 1. The Morgan fingerprint density at radius 1 is 1.12 bits per heavy atom. The minimum atomic E-state index is -3.74. The lowest BCUT2D eigenvalue weighted by Gasteiger charge is -2.07. The summed E-state index contributed by atoms with van der Waals surface area (Å²) in [6.07, 6.45) is 3.04. The van der Waals surface area contributed by atoms with Crippen molar-refractivity contribution < 1.29 is 17.9 Å². The van der Waals surface area contributed by atoms with E-state index in [-0.39, 0.29) is 4.90 Å². The molecule has 0 radical (unpaired) electrons. The van der Waals surface area contributed by atoms with Gasteiger partial charge in [0.1, 0.15) is 12.4 Å². The van der Waals surface area contributed by atoms with Crippen molar-refractivity contribution in [2.45, 2.75) is 4.90 Å². The lowest BCUT2D eigenvalue weighted by Crippen LogP contribution is -2.34. The highest BCUT2D eigenvalue weighted by Gasteiger charge is 2.14. The molecule has 0 saturated heterocycles. The summed E-state index contributed by atoms with van der Waals surface area (Å²) < 4.78 is 31.7. The van der Waals surface area contributed by atoms with Crippen molar-refractivity contribution in [3.8, 4) is 5.75 Å². The van der Waals surface area contributed by atoms with E-state index in [1.54, 1.807) is 42.5 Å². The second kappa shape index (κ2) is 9.50. The smallest absolute Gasteiger partial charge is 0.255 e. The molecule has 0 aliphatic rings. The molecule has 1 amide bonds. The molecule has 0 atom stereocenters. The maximum Gasteiger partial charge on any atom is 0.255 e. The van der Waals surface area contributed by atoms with Crippen molar-refractivity contribution in [2.75, 3.05) is 13.2 Å². The molecule has 0 bridgehead atoms. The molecule has 136 valence electrons. The Balaban J connectivity index is 1.89. The lowest BCUT2D eigenvalue weighted by atomic mass is 10.2. The van der Waals surface area contributed by atoms with Gasteiger partial charge in [0, 0.05) is 5.56 Å². The number of rotatable bonds is 9. The van der Waals surface area contributed by atoms with E-state index in [9.17, 15) is 13.2 Å². The molecule has 0 unspecified atom stereocenters. The van der Waals surface area contributed by atoms with Crippen molar-refractivity contribution in [1.82, 2.24) is 10.1 Å². The third kappa shape index (κ3) is 5.83. The topological polar surface area (TPSA) is 96.9 Å². The summed E-state index contributed by atoms with van der Waals surface area (Å²) in [7, 11) is -3.74. The largest absolute Gasteiger partial charge is 0.489 e. The Hall–Kier alpha value is -2.97. The standard InChI is InChI=1S/C18H19N3O4S/c1-2-12-25-17-11-7-6-8-15(17)13-19-21-18(22)14-20-26(23,24)16-9-4-3-5-10-16/h2-11,13,20H,1,12,14H2,(H,21,22)/b19-13-. The predicted molar refractivity (Wildman–Crippen MR) is 99.5 cm³/mol. The third-order valence-electron chi connectivity index (χ3n) is 3.14. The molecular formula is C18H19N3O4S. The molecule has 2 aromatic carbocycles. The van der Waals surface area contributed by atoms with Crippen LogP contribution in [0.4, 0.5) is 0 Å². The summed E-state index contributed by atoms with van der Waals surface area (Å²) in [5.41, 5.74) is 2.93. The summed E-state index contributed by atoms with van der Waals surface area (Å²) in [4.78, 5) is 11.9. The number of carbonyl (C=O) groups is 1. The summed E-state index contributed by atoms with van der Waals surface area (Å²) in [5.74, 6) is 0.000395. The van der Waals surface area contributed by atoms with Crippen LogP contribution in [-0.2, 0) is 14.8 Å². The van der Waals surface area contributed by atoms with Crippen LogP contribution >= 0.6 is 0 Å². The first-order chi connectivity index (χ1) is 12.5. The van der Waals surface area contributed by atoms with E-state index in [2.05, 4.69) is 21.8 Å². The van der Waals surface area contributed by atoms with Crippen LogP contribution in [0.2, 0.25) is 0 Å². The van der Waals surface area contributed by atoms with Crippen LogP contribution in [0, 0.1) is 0 Å². The summed E-state index contributed by atoms with van der Waals surface area (Å²) in [6, 6.07) is 14.9. The van der Waals surface area contributed by atoms with Gasteiger partial charge in [0.05, 0.1) is 17.7 Å². The molecule has 7 nitrogen and oxygen atoms in total. The number of nitrogens with one attached hydrogen (secondary N) is 2. The molecule has 0 aromatic heterocycles. The van der Waals surface area contributed by atoms with E-state index in [0.717, 1.165) is 0 Å². The zero-order valence-corrected chi connectivity index (χ0v) is 14.8. The number of hydrogen-bond donors (Lipinski definition) is 2. The van der Waals surface area contributed by atoms with Gasteiger partial charge in [0.25, 0.3) is 5.91 Å². The molecule has 0 fully saturated rings. The number of nitrogens with zero attached hydrogens (tertiary/aromatic N) is 1. The number of benzene rings is 2. The average Bonchev–Trinajstić information content (AvgIpc) is 2.66. The number of hydrogen-bond acceptors (Lipinski definition) is 5. The van der Waals surface area contributed by atoms with Crippen molar-refractivity contribution in [3.05, 3.63) is 72.8 Å². The Morgan fingerprint density at radius 2 is 1.81 bits per heavy atom. The monoisotopic (exact) mass is 373 g/mol. The van der Waals surface area contributed by atoms with Crippen molar-refractivity contribution in [2.24, 2.45) is 5.10 Å². The van der Waals surface area contributed by atoms with Crippen molar-refractivity contribution >= 4 is 22.1 Å². The van der Waals surface area contributed by atoms with Gasteiger partial charge in [-0.25, -0.2) is 18.6 Å². The minimum absolute atomic E-state index is 0.0876. The van der Waals surface area contributed by atoms with E-state index in [0.29, 0.717) is 17.9 Å². The molecule has 0 aliphatic heterocycles. The Morgan fingerprint density at radius 3 is 2.54 bits per heavy atom. The van der Waals surface area contributed by atoms with Crippen LogP contribution in [0.15, 0.2) is 77.2 Å². The van der Waals surface area contributed by atoms with Crippen molar-refractivity contribution in [1.29, 1.82) is 0 Å². The van der Waals surface area contributed by atoms with Gasteiger partial charge in [-0.2, -0.15) is 5.10 Å². The van der Waals surface area contributed by atoms with Crippen LogP contribution in [0.5, 0.6) is 5.75 Å². The highest BCUT2D eigenvalue weighted by atomic mass is 32.2. The maximum absolute atomic E-state index is 12.0. The molecule has 0 heterocycles. The molecule has 0 spiro atoms. The number of para-hydroxylation sites is 1. The summed E-state index contributed by atoms with van der Waals surface area (Å²) >= 11 is 0. The fourth-order valence-electron chi connectivity index (χ4n) is 1.92. The zero-order valence-electron chi connectivity index (χ0n) is 14.0. The van der Waals surface area contributed by atoms with E-state index >= 15 is 0 Å². The first kappa shape index (κ1) is 19.4. The molecule has 8 heteroatoms. The van der Waals surface area contributed by atoms with E-state index in [1.807, 2.05) is 6.07 Å². The van der Waals surface area contributed by atoms with E-state index < -0.39 is 22.5 Å². The van der Waals surface area contributed by atoms with Gasteiger partial charge in [-0.05, 0) is 24.3 Å². The fourth-order valence-corrected chi connectivity index (χ4v) is 2.93. The molecule has 2 N–H and O–H groups in total. The number of hydrazone groups is 1. The Bertz CT molecular complexity index is 880. The molecule has 0 saturated carbocycles.